The van der Waals surface area contributed by atoms with Gasteiger partial charge in [-0.3, -0.25) is 0 Å². The highest BCUT2D eigenvalue weighted by molar-refractivity contribution is 6.15. The van der Waals surface area contributed by atoms with Crippen LogP contribution in [-0.4, -0.2) is 0 Å². The number of nitrogens with zero attached hydrogens (tertiary/aromatic N) is 1. The van der Waals surface area contributed by atoms with Crippen LogP contribution < -0.4 is 4.90 Å². The van der Waals surface area contributed by atoms with Crippen molar-refractivity contribution in [3.63, 3.8) is 0 Å². The lowest BCUT2D eigenvalue weighted by Crippen LogP contribution is -2.16. The molecule has 0 unspecified atom stereocenters. The first-order chi connectivity index (χ1) is 24.6. The molecule has 0 amide bonds. The van der Waals surface area contributed by atoms with Gasteiger partial charge in [0.1, 0.15) is 0 Å². The van der Waals surface area contributed by atoms with Gasteiger partial charge >= 0.3 is 0 Å². The van der Waals surface area contributed by atoms with E-state index in [1.54, 1.807) is 0 Å². The Hall–Kier alpha value is -6.18. The van der Waals surface area contributed by atoms with E-state index in [9.17, 15) is 0 Å². The van der Waals surface area contributed by atoms with E-state index in [2.05, 4.69) is 195 Å². The van der Waals surface area contributed by atoms with Gasteiger partial charge in [0.15, 0.2) is 0 Å². The summed E-state index contributed by atoms with van der Waals surface area (Å²) < 4.78 is 0. The van der Waals surface area contributed by atoms with Crippen LogP contribution in [0.2, 0.25) is 0 Å². The molecule has 1 heteroatoms. The number of hydrogen-bond acceptors (Lipinski definition) is 1. The first-order valence-corrected chi connectivity index (χ1v) is 17.5. The zero-order chi connectivity index (χ0) is 33.4. The standard InChI is InChI=1S/C49H35N/c1-49(2)43-21-8-6-18-41(43)48-44(49)22-12-24-46(48)50(45-23-9-7-17-37(45)33-13-4-3-5-14-33)36-28-25-32(26-29-36)35-27-30-38-39-19-10-15-34-16-11-20-40(47(34)39)42(38)31-35/h3-31H,1-2H3. The van der Waals surface area contributed by atoms with Gasteiger partial charge in [0.25, 0.3) is 0 Å². The van der Waals surface area contributed by atoms with Gasteiger partial charge in [-0.05, 0) is 96.7 Å². The van der Waals surface area contributed by atoms with Gasteiger partial charge in [0.2, 0.25) is 0 Å². The summed E-state index contributed by atoms with van der Waals surface area (Å²) in [5.74, 6) is 0. The average molecular weight is 638 g/mol. The molecule has 0 bridgehead atoms. The monoisotopic (exact) mass is 637 g/mol. The topological polar surface area (TPSA) is 3.24 Å². The number of rotatable bonds is 5. The Labute approximate surface area is 293 Å². The van der Waals surface area contributed by atoms with Gasteiger partial charge in [-0.2, -0.15) is 0 Å². The molecule has 0 spiro atoms. The minimum atomic E-state index is -0.0893. The van der Waals surface area contributed by atoms with Crippen molar-refractivity contribution in [2.75, 3.05) is 4.90 Å². The number of para-hydroxylation sites is 1. The van der Waals surface area contributed by atoms with Crippen molar-refractivity contribution in [2.24, 2.45) is 0 Å². The van der Waals surface area contributed by atoms with E-state index in [1.807, 2.05) is 0 Å². The summed E-state index contributed by atoms with van der Waals surface area (Å²) in [6.45, 7) is 4.71. The van der Waals surface area contributed by atoms with E-state index in [1.165, 1.54) is 83.2 Å². The first kappa shape index (κ1) is 28.8. The second kappa shape index (κ2) is 10.9. The smallest absolute Gasteiger partial charge is 0.0543 e. The van der Waals surface area contributed by atoms with Gasteiger partial charge in [-0.25, -0.2) is 0 Å². The van der Waals surface area contributed by atoms with E-state index < -0.39 is 0 Å². The lowest BCUT2D eigenvalue weighted by Gasteiger charge is -2.30. The van der Waals surface area contributed by atoms with Crippen molar-refractivity contribution in [3.05, 3.63) is 187 Å². The molecule has 8 aromatic rings. The third-order valence-electron chi connectivity index (χ3n) is 11.0. The van der Waals surface area contributed by atoms with Gasteiger partial charge in [0.05, 0.1) is 11.4 Å². The highest BCUT2D eigenvalue weighted by Crippen LogP contribution is 2.55. The van der Waals surface area contributed by atoms with Crippen LogP contribution in [0.5, 0.6) is 0 Å². The number of fused-ring (bicyclic) bond motifs is 6. The molecule has 8 aromatic carbocycles. The summed E-state index contributed by atoms with van der Waals surface area (Å²) >= 11 is 0. The molecule has 0 aliphatic heterocycles. The van der Waals surface area contributed by atoms with E-state index in [0.29, 0.717) is 0 Å². The minimum absolute atomic E-state index is 0.0893. The molecule has 1 nitrogen and oxygen atoms in total. The summed E-state index contributed by atoms with van der Waals surface area (Å²) in [5.41, 5.74) is 18.9. The Kier molecular flexibility index (Phi) is 6.29. The summed E-state index contributed by atoms with van der Waals surface area (Å²) in [6, 6.07) is 64.8. The van der Waals surface area contributed by atoms with Crippen LogP contribution in [0.3, 0.4) is 0 Å². The Morgan fingerprint density at radius 2 is 0.980 bits per heavy atom. The molecule has 0 fully saturated rings. The van der Waals surface area contributed by atoms with Crippen molar-refractivity contribution in [1.82, 2.24) is 0 Å². The number of benzene rings is 8. The third-order valence-corrected chi connectivity index (χ3v) is 11.0. The summed E-state index contributed by atoms with van der Waals surface area (Å²) in [6.07, 6.45) is 0. The van der Waals surface area contributed by atoms with Crippen molar-refractivity contribution in [1.29, 1.82) is 0 Å². The van der Waals surface area contributed by atoms with E-state index in [0.717, 1.165) is 11.4 Å². The van der Waals surface area contributed by atoms with Crippen LogP contribution in [0, 0.1) is 0 Å². The second-order valence-electron chi connectivity index (χ2n) is 14.1. The third kappa shape index (κ3) is 4.20. The zero-order valence-electron chi connectivity index (χ0n) is 28.2. The maximum atomic E-state index is 2.48. The SMILES string of the molecule is CC1(C)c2ccccc2-c2c(N(c3ccc(-c4ccc5c(c4)-c4cccc6cccc-5c46)cc3)c3ccccc3-c3ccccc3)cccc21. The Morgan fingerprint density at radius 3 is 1.78 bits per heavy atom. The summed E-state index contributed by atoms with van der Waals surface area (Å²) in [4.78, 5) is 2.48. The van der Waals surface area contributed by atoms with Gasteiger partial charge in [0, 0.05) is 22.2 Å². The van der Waals surface area contributed by atoms with Crippen LogP contribution in [0.4, 0.5) is 17.1 Å². The molecule has 0 N–H and O–H groups in total. The molecule has 50 heavy (non-hydrogen) atoms. The quantitative estimate of drug-likeness (QED) is 0.181. The summed E-state index contributed by atoms with van der Waals surface area (Å²) in [5, 5.41) is 2.67. The second-order valence-corrected chi connectivity index (χ2v) is 14.1. The van der Waals surface area contributed by atoms with Crippen LogP contribution in [-0.2, 0) is 5.41 Å². The molecule has 0 heterocycles. The molecule has 10 rings (SSSR count). The van der Waals surface area contributed by atoms with Crippen molar-refractivity contribution >= 4 is 27.8 Å². The molecular formula is C49H35N. The molecular weight excluding hydrogens is 603 g/mol. The van der Waals surface area contributed by atoms with Crippen LogP contribution in [0.25, 0.3) is 66.4 Å². The molecule has 0 aromatic heterocycles. The fourth-order valence-electron chi connectivity index (χ4n) is 8.63. The number of hydrogen-bond donors (Lipinski definition) is 0. The van der Waals surface area contributed by atoms with E-state index >= 15 is 0 Å². The minimum Gasteiger partial charge on any atom is -0.309 e. The molecule has 0 radical (unpaired) electrons. The van der Waals surface area contributed by atoms with E-state index in [-0.39, 0.29) is 5.41 Å². The predicted octanol–water partition coefficient (Wildman–Crippen LogP) is 13.6. The lowest BCUT2D eigenvalue weighted by atomic mass is 9.82. The Morgan fingerprint density at radius 1 is 0.380 bits per heavy atom. The zero-order valence-corrected chi connectivity index (χ0v) is 28.2. The van der Waals surface area contributed by atoms with Crippen molar-refractivity contribution < 1.29 is 0 Å². The molecule has 2 aliphatic rings. The maximum Gasteiger partial charge on any atom is 0.0543 e. The van der Waals surface area contributed by atoms with E-state index in [4.69, 9.17) is 0 Å². The fourth-order valence-corrected chi connectivity index (χ4v) is 8.63. The molecule has 236 valence electrons. The van der Waals surface area contributed by atoms with Crippen molar-refractivity contribution in [3.8, 4) is 55.6 Å². The van der Waals surface area contributed by atoms with Crippen LogP contribution in [0.1, 0.15) is 25.0 Å². The van der Waals surface area contributed by atoms with Crippen LogP contribution in [0.15, 0.2) is 176 Å². The highest BCUT2D eigenvalue weighted by atomic mass is 15.1. The van der Waals surface area contributed by atoms with Crippen molar-refractivity contribution in [2.45, 2.75) is 19.3 Å². The first-order valence-electron chi connectivity index (χ1n) is 17.5. The number of anilines is 3. The van der Waals surface area contributed by atoms with Gasteiger partial charge < -0.3 is 4.90 Å². The maximum absolute atomic E-state index is 2.48. The molecule has 0 saturated heterocycles. The summed E-state index contributed by atoms with van der Waals surface area (Å²) in [7, 11) is 0. The van der Waals surface area contributed by atoms with Gasteiger partial charge in [-0.1, -0.05) is 159 Å². The fraction of sp³-hybridized carbons (Fsp3) is 0.0612. The Bertz CT molecular complexity index is 2600. The van der Waals surface area contributed by atoms with Crippen LogP contribution >= 0.6 is 0 Å². The molecule has 0 saturated carbocycles. The highest BCUT2D eigenvalue weighted by Gasteiger charge is 2.38. The normalized spacial score (nSPS) is 13.2. The Balaban J connectivity index is 1.14. The lowest BCUT2D eigenvalue weighted by molar-refractivity contribution is 0.660. The largest absolute Gasteiger partial charge is 0.309 e. The predicted molar refractivity (Wildman–Crippen MR) is 211 cm³/mol. The average Bonchev–Trinajstić information content (AvgIpc) is 3.62. The molecule has 0 atom stereocenters. The van der Waals surface area contributed by atoms with Gasteiger partial charge in [-0.15, -0.1) is 0 Å². The molecule has 2 aliphatic carbocycles.